The number of ether oxygens (including phenoxy) is 1. The Hall–Kier alpha value is -1.96. The molecule has 0 N–H and O–H groups in total. The van der Waals surface area contributed by atoms with Gasteiger partial charge in [-0.05, 0) is 43.7 Å². The highest BCUT2D eigenvalue weighted by atomic mass is 32.1. The number of fused-ring (bicyclic) bond motifs is 1. The lowest BCUT2D eigenvalue weighted by atomic mass is 10.3. The molecular formula is C18H21N3O2S2. The molecule has 0 aliphatic rings. The molecule has 3 rings (SSSR count). The molecule has 132 valence electrons. The molecule has 0 unspecified atom stereocenters. The summed E-state index contributed by atoms with van der Waals surface area (Å²) in [5.41, 5.74) is 0.888. The van der Waals surface area contributed by atoms with Gasteiger partial charge in [0.15, 0.2) is 5.13 Å². The number of aromatic nitrogens is 1. The van der Waals surface area contributed by atoms with Crippen molar-refractivity contribution in [2.45, 2.75) is 6.42 Å². The third-order valence-corrected chi connectivity index (χ3v) is 5.71. The van der Waals surface area contributed by atoms with E-state index in [9.17, 15) is 4.79 Å². The first kappa shape index (κ1) is 17.8. The molecule has 0 bridgehead atoms. The standard InChI is InChI=1S/C18H21N3O2S2/c1-20(2)8-9-21(17(22)12-14-5-4-10-24-14)18-19-15-7-6-13(23-3)11-16(15)25-18/h4-7,10-11H,8-9,12H2,1-3H3. The van der Waals surface area contributed by atoms with Crippen LogP contribution in [0.5, 0.6) is 5.75 Å². The van der Waals surface area contributed by atoms with E-state index in [0.717, 1.165) is 32.5 Å². The van der Waals surface area contributed by atoms with Gasteiger partial charge in [0, 0.05) is 18.0 Å². The van der Waals surface area contributed by atoms with E-state index in [2.05, 4.69) is 9.88 Å². The van der Waals surface area contributed by atoms with Gasteiger partial charge in [-0.2, -0.15) is 0 Å². The predicted octanol–water partition coefficient (Wildman–Crippen LogP) is 3.50. The van der Waals surface area contributed by atoms with Crippen LogP contribution in [0.1, 0.15) is 4.88 Å². The Balaban J connectivity index is 1.88. The normalized spacial score (nSPS) is 11.2. The summed E-state index contributed by atoms with van der Waals surface area (Å²) in [6.45, 7) is 1.41. The predicted molar refractivity (Wildman–Crippen MR) is 105 cm³/mol. The van der Waals surface area contributed by atoms with Gasteiger partial charge < -0.3 is 9.64 Å². The number of carbonyl (C=O) groups is 1. The van der Waals surface area contributed by atoms with Gasteiger partial charge in [0.05, 0.1) is 23.7 Å². The number of hydrogen-bond donors (Lipinski definition) is 0. The zero-order chi connectivity index (χ0) is 17.8. The summed E-state index contributed by atoms with van der Waals surface area (Å²) in [4.78, 5) is 22.5. The highest BCUT2D eigenvalue weighted by Gasteiger charge is 2.20. The highest BCUT2D eigenvalue weighted by Crippen LogP contribution is 2.31. The molecule has 5 nitrogen and oxygen atoms in total. The Bertz CT molecular complexity index is 843. The van der Waals surface area contributed by atoms with Gasteiger partial charge in [0.25, 0.3) is 0 Å². The maximum Gasteiger partial charge on any atom is 0.234 e. The van der Waals surface area contributed by atoms with Crippen LogP contribution in [0.15, 0.2) is 35.7 Å². The SMILES string of the molecule is COc1ccc2nc(N(CCN(C)C)C(=O)Cc3cccs3)sc2c1. The maximum absolute atomic E-state index is 12.9. The molecule has 0 fully saturated rings. The average Bonchev–Trinajstić information content (AvgIpc) is 3.23. The number of thiophene rings is 1. The fourth-order valence-electron chi connectivity index (χ4n) is 2.42. The number of benzene rings is 1. The van der Waals surface area contributed by atoms with E-state index in [1.54, 1.807) is 23.3 Å². The van der Waals surface area contributed by atoms with Crippen LogP contribution in [0.3, 0.4) is 0 Å². The lowest BCUT2D eigenvalue weighted by molar-refractivity contribution is -0.118. The van der Waals surface area contributed by atoms with Crippen LogP contribution in [0.2, 0.25) is 0 Å². The Morgan fingerprint density at radius 3 is 2.76 bits per heavy atom. The topological polar surface area (TPSA) is 45.7 Å². The van der Waals surface area contributed by atoms with Crippen LogP contribution < -0.4 is 9.64 Å². The zero-order valence-electron chi connectivity index (χ0n) is 14.6. The van der Waals surface area contributed by atoms with Gasteiger partial charge in [-0.15, -0.1) is 11.3 Å². The van der Waals surface area contributed by atoms with Crippen LogP contribution >= 0.6 is 22.7 Å². The number of amides is 1. The van der Waals surface area contributed by atoms with E-state index in [1.165, 1.54) is 11.3 Å². The summed E-state index contributed by atoms with van der Waals surface area (Å²) < 4.78 is 6.30. The second-order valence-corrected chi connectivity index (χ2v) is 7.98. The molecule has 0 aliphatic carbocycles. The van der Waals surface area contributed by atoms with E-state index in [4.69, 9.17) is 4.74 Å². The molecule has 2 heterocycles. The number of hydrogen-bond acceptors (Lipinski definition) is 6. The first-order valence-electron chi connectivity index (χ1n) is 7.99. The Morgan fingerprint density at radius 2 is 2.08 bits per heavy atom. The number of nitrogens with zero attached hydrogens (tertiary/aromatic N) is 3. The minimum absolute atomic E-state index is 0.0790. The van der Waals surface area contributed by atoms with Gasteiger partial charge >= 0.3 is 0 Å². The minimum atomic E-state index is 0.0790. The van der Waals surface area contributed by atoms with Crippen molar-refractivity contribution in [3.05, 3.63) is 40.6 Å². The van der Waals surface area contributed by atoms with E-state index >= 15 is 0 Å². The molecule has 0 saturated heterocycles. The Labute approximate surface area is 155 Å². The fourth-order valence-corrected chi connectivity index (χ4v) is 4.15. The third-order valence-electron chi connectivity index (χ3n) is 3.79. The van der Waals surface area contributed by atoms with E-state index in [0.29, 0.717) is 13.0 Å². The van der Waals surface area contributed by atoms with Crippen molar-refractivity contribution in [2.75, 3.05) is 39.2 Å². The van der Waals surface area contributed by atoms with Gasteiger partial charge in [-0.25, -0.2) is 4.98 Å². The van der Waals surface area contributed by atoms with Crippen molar-refractivity contribution in [1.82, 2.24) is 9.88 Å². The molecule has 0 spiro atoms. The van der Waals surface area contributed by atoms with Crippen LogP contribution in [0.4, 0.5) is 5.13 Å². The number of thiazole rings is 1. The molecule has 2 aromatic heterocycles. The van der Waals surface area contributed by atoms with Gasteiger partial charge in [-0.3, -0.25) is 9.69 Å². The van der Waals surface area contributed by atoms with Crippen LogP contribution in [-0.4, -0.2) is 50.1 Å². The second-order valence-electron chi connectivity index (χ2n) is 5.93. The number of anilines is 1. The maximum atomic E-state index is 12.9. The molecule has 25 heavy (non-hydrogen) atoms. The number of methoxy groups -OCH3 is 1. The summed E-state index contributed by atoms with van der Waals surface area (Å²) in [5, 5.41) is 2.74. The zero-order valence-corrected chi connectivity index (χ0v) is 16.2. The summed E-state index contributed by atoms with van der Waals surface area (Å²) in [6, 6.07) is 9.76. The molecular weight excluding hydrogens is 354 g/mol. The molecule has 0 aliphatic heterocycles. The van der Waals surface area contributed by atoms with Crippen molar-refractivity contribution in [3.8, 4) is 5.75 Å². The minimum Gasteiger partial charge on any atom is -0.497 e. The number of carbonyl (C=O) groups excluding carboxylic acids is 1. The Morgan fingerprint density at radius 1 is 1.24 bits per heavy atom. The molecule has 3 aromatic rings. The summed E-state index contributed by atoms with van der Waals surface area (Å²) in [6.07, 6.45) is 0.407. The van der Waals surface area contributed by atoms with Gasteiger partial charge in [-0.1, -0.05) is 17.4 Å². The molecule has 1 amide bonds. The molecule has 0 radical (unpaired) electrons. The number of likely N-dealkylation sites (N-methyl/N-ethyl adjacent to an activating group) is 1. The van der Waals surface area contributed by atoms with E-state index in [-0.39, 0.29) is 5.91 Å². The second kappa shape index (κ2) is 7.95. The number of rotatable bonds is 7. The van der Waals surface area contributed by atoms with Crippen molar-refractivity contribution in [3.63, 3.8) is 0 Å². The van der Waals surface area contributed by atoms with Crippen molar-refractivity contribution in [1.29, 1.82) is 0 Å². The smallest absolute Gasteiger partial charge is 0.234 e. The Kier molecular flexibility index (Phi) is 5.67. The van der Waals surface area contributed by atoms with Gasteiger partial charge in [0.2, 0.25) is 5.91 Å². The lowest BCUT2D eigenvalue weighted by Gasteiger charge is -2.21. The molecule has 7 heteroatoms. The summed E-state index contributed by atoms with van der Waals surface area (Å²) >= 11 is 3.13. The summed E-state index contributed by atoms with van der Waals surface area (Å²) in [5.74, 6) is 0.878. The molecule has 0 saturated carbocycles. The summed E-state index contributed by atoms with van der Waals surface area (Å²) in [7, 11) is 5.66. The quantitative estimate of drug-likeness (QED) is 0.634. The molecule has 0 atom stereocenters. The van der Waals surface area contributed by atoms with Crippen LogP contribution in [-0.2, 0) is 11.2 Å². The van der Waals surface area contributed by atoms with Crippen molar-refractivity contribution >= 4 is 43.9 Å². The molecule has 1 aromatic carbocycles. The van der Waals surface area contributed by atoms with Crippen LogP contribution in [0, 0.1) is 0 Å². The van der Waals surface area contributed by atoms with Crippen LogP contribution in [0.25, 0.3) is 10.2 Å². The average molecular weight is 376 g/mol. The lowest BCUT2D eigenvalue weighted by Crippen LogP contribution is -2.37. The third kappa shape index (κ3) is 4.36. The first-order chi connectivity index (χ1) is 12.1. The monoisotopic (exact) mass is 375 g/mol. The first-order valence-corrected chi connectivity index (χ1v) is 9.68. The van der Waals surface area contributed by atoms with E-state index in [1.807, 2.05) is 49.8 Å². The largest absolute Gasteiger partial charge is 0.497 e. The highest BCUT2D eigenvalue weighted by molar-refractivity contribution is 7.22. The van der Waals surface area contributed by atoms with E-state index < -0.39 is 0 Å². The fraction of sp³-hybridized carbons (Fsp3) is 0.333. The van der Waals surface area contributed by atoms with Gasteiger partial charge in [0.1, 0.15) is 5.75 Å². The van der Waals surface area contributed by atoms with Crippen molar-refractivity contribution in [2.24, 2.45) is 0 Å². The van der Waals surface area contributed by atoms with Crippen molar-refractivity contribution < 1.29 is 9.53 Å².